The molecule has 0 amide bonds. The lowest BCUT2D eigenvalue weighted by atomic mass is 10.1. The summed E-state index contributed by atoms with van der Waals surface area (Å²) < 4.78 is 1.17. The highest BCUT2D eigenvalue weighted by Gasteiger charge is 2.23. The first-order chi connectivity index (χ1) is 11.6. The van der Waals surface area contributed by atoms with Crippen LogP contribution in [-0.2, 0) is 6.42 Å². The second-order valence-electron chi connectivity index (χ2n) is 5.40. The summed E-state index contributed by atoms with van der Waals surface area (Å²) in [6, 6.07) is 12.9. The third-order valence-corrected chi connectivity index (χ3v) is 3.84. The Labute approximate surface area is 137 Å². The number of nitrogens with one attached hydrogen (secondary N) is 1. The molecule has 3 aromatic rings. The molecule has 3 rings (SSSR count). The molecule has 0 atom stereocenters. The highest BCUT2D eigenvalue weighted by Crippen LogP contribution is 2.18. The van der Waals surface area contributed by atoms with Crippen LogP contribution >= 0.6 is 0 Å². The highest BCUT2D eigenvalue weighted by atomic mass is 16.6. The number of pyridine rings is 1. The fourth-order valence-corrected chi connectivity index (χ4v) is 2.57. The Balaban J connectivity index is 1.91. The third-order valence-electron chi connectivity index (χ3n) is 3.84. The average molecular weight is 324 g/mol. The van der Waals surface area contributed by atoms with Gasteiger partial charge in [-0.15, -0.1) is 0 Å². The Kier molecular flexibility index (Phi) is 4.24. The van der Waals surface area contributed by atoms with Gasteiger partial charge in [-0.1, -0.05) is 30.3 Å². The van der Waals surface area contributed by atoms with Gasteiger partial charge in [-0.05, 0) is 36.6 Å². The molecule has 0 saturated heterocycles. The van der Waals surface area contributed by atoms with Crippen LogP contribution in [0.15, 0.2) is 53.5 Å². The van der Waals surface area contributed by atoms with Gasteiger partial charge in [0.1, 0.15) is 5.65 Å². The smallest absolute Gasteiger partial charge is 0.364 e. The molecule has 0 aliphatic carbocycles. The predicted octanol–water partition coefficient (Wildman–Crippen LogP) is 2.57. The largest absolute Gasteiger partial charge is 0.376 e. The van der Waals surface area contributed by atoms with E-state index in [9.17, 15) is 14.9 Å². The van der Waals surface area contributed by atoms with E-state index in [1.165, 1.54) is 10.6 Å². The van der Waals surface area contributed by atoms with Gasteiger partial charge in [0.15, 0.2) is 0 Å². The van der Waals surface area contributed by atoms with E-state index in [1.807, 2.05) is 31.2 Å². The number of hydrogen-bond acceptors (Lipinski definition) is 5. The van der Waals surface area contributed by atoms with Crippen LogP contribution in [0.1, 0.15) is 11.1 Å². The zero-order valence-electron chi connectivity index (χ0n) is 13.1. The van der Waals surface area contributed by atoms with E-state index in [2.05, 4.69) is 10.3 Å². The van der Waals surface area contributed by atoms with E-state index in [1.54, 1.807) is 18.2 Å². The molecule has 7 heteroatoms. The topological polar surface area (TPSA) is 89.5 Å². The number of nitrogens with zero attached hydrogens (tertiary/aromatic N) is 3. The minimum absolute atomic E-state index is 0.00443. The van der Waals surface area contributed by atoms with E-state index >= 15 is 0 Å². The van der Waals surface area contributed by atoms with E-state index in [4.69, 9.17) is 0 Å². The summed E-state index contributed by atoms with van der Waals surface area (Å²) in [5, 5.41) is 14.2. The Bertz CT molecular complexity index is 965. The minimum atomic E-state index is -0.691. The summed E-state index contributed by atoms with van der Waals surface area (Å²) in [5.41, 5.74) is 1.43. The first-order valence-corrected chi connectivity index (χ1v) is 7.52. The van der Waals surface area contributed by atoms with Crippen molar-refractivity contribution in [1.29, 1.82) is 0 Å². The zero-order valence-corrected chi connectivity index (χ0v) is 13.1. The summed E-state index contributed by atoms with van der Waals surface area (Å²) in [5.74, 6) is 0.00443. The minimum Gasteiger partial charge on any atom is -0.364 e. The van der Waals surface area contributed by atoms with E-state index in [-0.39, 0.29) is 5.82 Å². The third kappa shape index (κ3) is 2.96. The van der Waals surface area contributed by atoms with Gasteiger partial charge in [-0.3, -0.25) is 19.3 Å². The Morgan fingerprint density at radius 3 is 2.71 bits per heavy atom. The van der Waals surface area contributed by atoms with Crippen LogP contribution in [0.2, 0.25) is 0 Å². The van der Waals surface area contributed by atoms with Crippen LogP contribution in [-0.4, -0.2) is 20.9 Å². The molecule has 0 aliphatic heterocycles. The molecule has 0 saturated carbocycles. The molecule has 2 aromatic heterocycles. The quantitative estimate of drug-likeness (QED) is 0.575. The van der Waals surface area contributed by atoms with E-state index in [0.717, 1.165) is 11.1 Å². The average Bonchev–Trinajstić information content (AvgIpc) is 2.56. The summed E-state index contributed by atoms with van der Waals surface area (Å²) in [6.07, 6.45) is 2.15. The first kappa shape index (κ1) is 15.7. The van der Waals surface area contributed by atoms with Gasteiger partial charge in [0.05, 0.1) is 4.92 Å². The van der Waals surface area contributed by atoms with E-state index in [0.29, 0.717) is 18.6 Å². The number of nitro groups is 1. The van der Waals surface area contributed by atoms with Gasteiger partial charge in [-0.25, -0.2) is 4.98 Å². The monoisotopic (exact) mass is 324 g/mol. The van der Waals surface area contributed by atoms with Gasteiger partial charge in [0.25, 0.3) is 0 Å². The molecule has 0 bridgehead atoms. The van der Waals surface area contributed by atoms with Gasteiger partial charge in [-0.2, -0.15) is 0 Å². The Morgan fingerprint density at radius 1 is 1.21 bits per heavy atom. The van der Waals surface area contributed by atoms with Crippen molar-refractivity contribution >= 4 is 17.2 Å². The molecule has 0 radical (unpaired) electrons. The fraction of sp³-hybridized carbons (Fsp3) is 0.176. The van der Waals surface area contributed by atoms with Crippen molar-refractivity contribution in [3.8, 4) is 0 Å². The predicted molar refractivity (Wildman–Crippen MR) is 91.5 cm³/mol. The van der Waals surface area contributed by atoms with Crippen molar-refractivity contribution < 1.29 is 4.92 Å². The van der Waals surface area contributed by atoms with Crippen molar-refractivity contribution in [2.45, 2.75) is 13.3 Å². The number of hydrogen-bond donors (Lipinski definition) is 1. The maximum Gasteiger partial charge on any atom is 0.376 e. The van der Waals surface area contributed by atoms with Gasteiger partial charge < -0.3 is 5.32 Å². The second kappa shape index (κ2) is 6.49. The molecule has 0 unspecified atom stereocenters. The number of aromatic nitrogens is 2. The summed E-state index contributed by atoms with van der Waals surface area (Å²) in [4.78, 5) is 27.1. The van der Waals surface area contributed by atoms with Crippen molar-refractivity contribution in [3.05, 3.63) is 80.3 Å². The lowest BCUT2D eigenvalue weighted by Gasteiger charge is -2.09. The van der Waals surface area contributed by atoms with Crippen molar-refractivity contribution in [1.82, 2.24) is 9.38 Å². The first-order valence-electron chi connectivity index (χ1n) is 7.52. The summed E-state index contributed by atoms with van der Waals surface area (Å²) in [6.45, 7) is 2.46. The van der Waals surface area contributed by atoms with Crippen LogP contribution < -0.4 is 10.9 Å². The highest BCUT2D eigenvalue weighted by molar-refractivity contribution is 5.59. The number of anilines is 1. The maximum absolute atomic E-state index is 12.3. The molecule has 0 aliphatic rings. The van der Waals surface area contributed by atoms with Gasteiger partial charge in [0.2, 0.25) is 5.82 Å². The van der Waals surface area contributed by atoms with Crippen molar-refractivity contribution in [3.63, 3.8) is 0 Å². The number of benzene rings is 1. The summed E-state index contributed by atoms with van der Waals surface area (Å²) in [7, 11) is 0. The van der Waals surface area contributed by atoms with E-state index < -0.39 is 16.2 Å². The van der Waals surface area contributed by atoms with Crippen LogP contribution in [0.4, 0.5) is 11.5 Å². The summed E-state index contributed by atoms with van der Waals surface area (Å²) >= 11 is 0. The number of fused-ring (bicyclic) bond motifs is 1. The normalized spacial score (nSPS) is 10.7. The molecule has 2 heterocycles. The van der Waals surface area contributed by atoms with Crippen molar-refractivity contribution in [2.75, 3.05) is 11.9 Å². The number of aryl methyl sites for hydroxylation is 1. The second-order valence-corrected chi connectivity index (χ2v) is 5.40. The molecule has 24 heavy (non-hydrogen) atoms. The lowest BCUT2D eigenvalue weighted by Crippen LogP contribution is -2.21. The fourth-order valence-electron chi connectivity index (χ4n) is 2.57. The zero-order chi connectivity index (χ0) is 17.1. The van der Waals surface area contributed by atoms with Crippen LogP contribution in [0, 0.1) is 17.0 Å². The molecule has 122 valence electrons. The number of rotatable bonds is 5. The Hall–Kier alpha value is -3.22. The SMILES string of the molecule is Cc1ccccc1CCNc1nc2ccccn2c(=O)c1[N+](=O)[O-]. The van der Waals surface area contributed by atoms with Crippen LogP contribution in [0.3, 0.4) is 0 Å². The molecule has 0 fully saturated rings. The van der Waals surface area contributed by atoms with Gasteiger partial charge in [0, 0.05) is 12.7 Å². The standard InChI is InChI=1S/C17H16N4O3/c1-12-6-2-3-7-13(12)9-10-18-16-15(21(23)24)17(22)20-11-5-4-8-14(20)19-16/h2-8,11,18H,9-10H2,1H3. The molecule has 1 N–H and O–H groups in total. The van der Waals surface area contributed by atoms with Crippen LogP contribution in [0.5, 0.6) is 0 Å². The lowest BCUT2D eigenvalue weighted by molar-refractivity contribution is -0.385. The molecular formula is C17H16N4O3. The molecule has 1 aromatic carbocycles. The van der Waals surface area contributed by atoms with Gasteiger partial charge >= 0.3 is 11.2 Å². The molecule has 0 spiro atoms. The van der Waals surface area contributed by atoms with Crippen molar-refractivity contribution in [2.24, 2.45) is 0 Å². The molecular weight excluding hydrogens is 308 g/mol. The van der Waals surface area contributed by atoms with Crippen LogP contribution in [0.25, 0.3) is 5.65 Å². The maximum atomic E-state index is 12.3. The Morgan fingerprint density at radius 2 is 1.96 bits per heavy atom. The molecule has 7 nitrogen and oxygen atoms in total.